The van der Waals surface area contributed by atoms with Crippen molar-refractivity contribution in [1.82, 2.24) is 10.7 Å². The van der Waals surface area contributed by atoms with E-state index in [0.29, 0.717) is 11.2 Å². The van der Waals surface area contributed by atoms with E-state index < -0.39 is 0 Å². The quantitative estimate of drug-likeness (QED) is 0.505. The zero-order valence-corrected chi connectivity index (χ0v) is 12.8. The molecular formula is C16H23N3S. The molecule has 0 saturated heterocycles. The number of thiocarbonyl (C=S) groups is 1. The Morgan fingerprint density at radius 1 is 1.25 bits per heavy atom. The molecule has 0 aromatic heterocycles. The average Bonchev–Trinajstić information content (AvgIpc) is 2.49. The van der Waals surface area contributed by atoms with Crippen LogP contribution in [0.15, 0.2) is 35.4 Å². The lowest BCUT2D eigenvalue weighted by Crippen LogP contribution is -2.40. The number of rotatable bonds is 4. The molecule has 1 saturated carbocycles. The topological polar surface area (TPSA) is 36.4 Å². The predicted octanol–water partition coefficient (Wildman–Crippen LogP) is 3.57. The van der Waals surface area contributed by atoms with Gasteiger partial charge in [-0.25, -0.2) is 0 Å². The van der Waals surface area contributed by atoms with Crippen molar-refractivity contribution in [2.45, 2.75) is 51.0 Å². The number of hydrogen-bond donors (Lipinski definition) is 2. The summed E-state index contributed by atoms with van der Waals surface area (Å²) in [6.07, 6.45) is 8.27. The molecule has 1 aliphatic carbocycles. The number of benzene rings is 1. The molecule has 0 aliphatic heterocycles. The fraction of sp³-hybridized carbons (Fsp3) is 0.500. The molecule has 0 radical (unpaired) electrons. The van der Waals surface area contributed by atoms with Gasteiger partial charge in [-0.15, -0.1) is 0 Å². The van der Waals surface area contributed by atoms with Crippen LogP contribution in [0.2, 0.25) is 0 Å². The summed E-state index contributed by atoms with van der Waals surface area (Å²) in [6.45, 7) is 2.12. The molecule has 1 unspecified atom stereocenters. The van der Waals surface area contributed by atoms with Crippen LogP contribution in [0.5, 0.6) is 0 Å². The summed E-state index contributed by atoms with van der Waals surface area (Å²) in [6, 6.07) is 10.8. The van der Waals surface area contributed by atoms with Gasteiger partial charge in [0.25, 0.3) is 0 Å². The SMILES string of the molecule is CC(/C=N/NC(=S)NC1CCCCC1)c1ccccc1. The van der Waals surface area contributed by atoms with Crippen molar-refractivity contribution in [2.75, 3.05) is 0 Å². The molecule has 4 heteroatoms. The number of nitrogens with zero attached hydrogens (tertiary/aromatic N) is 1. The third-order valence-corrected chi connectivity index (χ3v) is 3.94. The molecule has 108 valence electrons. The highest BCUT2D eigenvalue weighted by molar-refractivity contribution is 7.80. The first-order valence-electron chi connectivity index (χ1n) is 7.40. The minimum atomic E-state index is 0.279. The Labute approximate surface area is 126 Å². The van der Waals surface area contributed by atoms with Crippen LogP contribution in [0.4, 0.5) is 0 Å². The molecule has 1 aromatic rings. The molecule has 2 rings (SSSR count). The van der Waals surface area contributed by atoms with Gasteiger partial charge in [0.2, 0.25) is 0 Å². The summed E-state index contributed by atoms with van der Waals surface area (Å²) >= 11 is 5.27. The molecule has 1 fully saturated rings. The monoisotopic (exact) mass is 289 g/mol. The molecule has 1 aliphatic rings. The summed E-state index contributed by atoms with van der Waals surface area (Å²) < 4.78 is 0. The van der Waals surface area contributed by atoms with Gasteiger partial charge in [0.1, 0.15) is 0 Å². The van der Waals surface area contributed by atoms with Gasteiger partial charge in [0.05, 0.1) is 0 Å². The second-order valence-electron chi connectivity index (χ2n) is 5.40. The van der Waals surface area contributed by atoms with Crippen molar-refractivity contribution in [3.63, 3.8) is 0 Å². The summed E-state index contributed by atoms with van der Waals surface area (Å²) in [5, 5.41) is 8.21. The number of hydrogen-bond acceptors (Lipinski definition) is 2. The van der Waals surface area contributed by atoms with Crippen LogP contribution in [0, 0.1) is 0 Å². The lowest BCUT2D eigenvalue weighted by Gasteiger charge is -2.23. The van der Waals surface area contributed by atoms with Gasteiger partial charge < -0.3 is 5.32 Å². The van der Waals surface area contributed by atoms with Crippen LogP contribution < -0.4 is 10.7 Å². The third kappa shape index (κ3) is 4.93. The van der Waals surface area contributed by atoms with Crippen LogP contribution in [-0.4, -0.2) is 17.4 Å². The lowest BCUT2D eigenvalue weighted by molar-refractivity contribution is 0.412. The molecule has 1 aromatic carbocycles. The van der Waals surface area contributed by atoms with Gasteiger partial charge in [-0.05, 0) is 30.6 Å². The second-order valence-corrected chi connectivity index (χ2v) is 5.81. The zero-order chi connectivity index (χ0) is 14.2. The first-order valence-corrected chi connectivity index (χ1v) is 7.81. The molecular weight excluding hydrogens is 266 g/mol. The molecule has 1 atom stereocenters. The number of hydrazone groups is 1. The number of nitrogens with one attached hydrogen (secondary N) is 2. The molecule has 3 nitrogen and oxygen atoms in total. The van der Waals surface area contributed by atoms with E-state index in [0.717, 1.165) is 0 Å². The average molecular weight is 289 g/mol. The minimum absolute atomic E-state index is 0.279. The Morgan fingerprint density at radius 3 is 2.65 bits per heavy atom. The van der Waals surface area contributed by atoms with E-state index in [1.165, 1.54) is 37.7 Å². The van der Waals surface area contributed by atoms with Crippen LogP contribution in [-0.2, 0) is 0 Å². The lowest BCUT2D eigenvalue weighted by atomic mass is 9.96. The van der Waals surface area contributed by atoms with E-state index in [1.807, 2.05) is 24.4 Å². The zero-order valence-electron chi connectivity index (χ0n) is 12.0. The fourth-order valence-corrected chi connectivity index (χ4v) is 2.73. The van der Waals surface area contributed by atoms with Crippen molar-refractivity contribution in [3.8, 4) is 0 Å². The van der Waals surface area contributed by atoms with Crippen molar-refractivity contribution in [3.05, 3.63) is 35.9 Å². The molecule has 0 amide bonds. The Morgan fingerprint density at radius 2 is 1.95 bits per heavy atom. The van der Waals surface area contributed by atoms with Crippen LogP contribution >= 0.6 is 12.2 Å². The minimum Gasteiger partial charge on any atom is -0.359 e. The van der Waals surface area contributed by atoms with Crippen molar-refractivity contribution < 1.29 is 0 Å². The van der Waals surface area contributed by atoms with Crippen molar-refractivity contribution >= 4 is 23.5 Å². The van der Waals surface area contributed by atoms with Gasteiger partial charge in [-0.2, -0.15) is 5.10 Å². The van der Waals surface area contributed by atoms with E-state index >= 15 is 0 Å². The fourth-order valence-electron chi connectivity index (χ4n) is 2.51. The smallest absolute Gasteiger partial charge is 0.187 e. The summed E-state index contributed by atoms with van der Waals surface area (Å²) in [5.41, 5.74) is 4.17. The maximum atomic E-state index is 5.27. The van der Waals surface area contributed by atoms with Gasteiger partial charge in [-0.1, -0.05) is 56.5 Å². The van der Waals surface area contributed by atoms with Crippen LogP contribution in [0.3, 0.4) is 0 Å². The van der Waals surface area contributed by atoms with E-state index in [9.17, 15) is 0 Å². The van der Waals surface area contributed by atoms with E-state index in [-0.39, 0.29) is 5.92 Å². The van der Waals surface area contributed by atoms with Gasteiger partial charge >= 0.3 is 0 Å². The predicted molar refractivity (Wildman–Crippen MR) is 89.1 cm³/mol. The third-order valence-electron chi connectivity index (χ3n) is 3.73. The highest BCUT2D eigenvalue weighted by Gasteiger charge is 2.13. The van der Waals surface area contributed by atoms with Gasteiger partial charge in [-0.3, -0.25) is 5.43 Å². The van der Waals surface area contributed by atoms with Crippen molar-refractivity contribution in [1.29, 1.82) is 0 Å². The normalized spacial score (nSPS) is 17.9. The Kier molecular flexibility index (Phi) is 5.99. The highest BCUT2D eigenvalue weighted by Crippen LogP contribution is 2.17. The maximum Gasteiger partial charge on any atom is 0.187 e. The summed E-state index contributed by atoms with van der Waals surface area (Å²) in [7, 11) is 0. The second kappa shape index (κ2) is 8.00. The highest BCUT2D eigenvalue weighted by atomic mass is 32.1. The Balaban J connectivity index is 1.73. The molecule has 0 heterocycles. The van der Waals surface area contributed by atoms with Crippen LogP contribution in [0.25, 0.3) is 0 Å². The molecule has 0 spiro atoms. The maximum absolute atomic E-state index is 5.27. The first kappa shape index (κ1) is 15.0. The Hall–Kier alpha value is -1.42. The Bertz CT molecular complexity index is 438. The van der Waals surface area contributed by atoms with Crippen molar-refractivity contribution in [2.24, 2.45) is 5.10 Å². The molecule has 2 N–H and O–H groups in total. The molecule has 0 bridgehead atoms. The summed E-state index contributed by atoms with van der Waals surface area (Å²) in [5.74, 6) is 0.279. The van der Waals surface area contributed by atoms with Gasteiger partial charge in [0.15, 0.2) is 5.11 Å². The molecule has 20 heavy (non-hydrogen) atoms. The standard InChI is InChI=1S/C16H23N3S/c1-13(14-8-4-2-5-9-14)12-17-19-16(20)18-15-10-6-3-7-11-15/h2,4-5,8-9,12-13,15H,3,6-7,10-11H2,1H3,(H2,18,19,20)/b17-12+. The summed E-state index contributed by atoms with van der Waals surface area (Å²) in [4.78, 5) is 0. The largest absolute Gasteiger partial charge is 0.359 e. The van der Waals surface area contributed by atoms with Crippen LogP contribution in [0.1, 0.15) is 50.5 Å². The van der Waals surface area contributed by atoms with E-state index in [1.54, 1.807) is 0 Å². The van der Waals surface area contributed by atoms with Gasteiger partial charge in [0, 0.05) is 18.2 Å². The van der Waals surface area contributed by atoms with E-state index in [4.69, 9.17) is 12.2 Å². The van der Waals surface area contributed by atoms with E-state index in [2.05, 4.69) is 34.9 Å². The first-order chi connectivity index (χ1) is 9.75.